The van der Waals surface area contributed by atoms with Gasteiger partial charge < -0.3 is 15.2 Å². The van der Waals surface area contributed by atoms with Crippen molar-refractivity contribution in [2.24, 2.45) is 0 Å². The van der Waals surface area contributed by atoms with Crippen LogP contribution in [-0.4, -0.2) is 41.9 Å². The number of carbonyl (C=O) groups excluding carboxylic acids is 1. The summed E-state index contributed by atoms with van der Waals surface area (Å²) < 4.78 is 5.19. The van der Waals surface area contributed by atoms with Gasteiger partial charge in [0.15, 0.2) is 0 Å². The van der Waals surface area contributed by atoms with Gasteiger partial charge in [0.05, 0.1) is 19.3 Å². The third-order valence-electron chi connectivity index (χ3n) is 2.73. The predicted molar refractivity (Wildman–Crippen MR) is 69.5 cm³/mol. The monoisotopic (exact) mass is 260 g/mol. The average molecular weight is 260 g/mol. The maximum atomic E-state index is 11.9. The predicted octanol–water partition coefficient (Wildman–Crippen LogP) is 0.334. The Balaban J connectivity index is 1.94. The molecule has 1 aliphatic rings. The van der Waals surface area contributed by atoms with Crippen LogP contribution in [0.5, 0.6) is 0 Å². The maximum Gasteiger partial charge on any atom is 0.270 e. The van der Waals surface area contributed by atoms with Crippen LogP contribution in [0.25, 0.3) is 0 Å². The molecule has 19 heavy (non-hydrogen) atoms. The van der Waals surface area contributed by atoms with Gasteiger partial charge in [-0.15, -0.1) is 0 Å². The van der Waals surface area contributed by atoms with E-state index in [1.807, 2.05) is 0 Å². The third-order valence-corrected chi connectivity index (χ3v) is 2.73. The van der Waals surface area contributed by atoms with Gasteiger partial charge in [-0.25, -0.2) is 4.98 Å². The molecule has 5 heteroatoms. The van der Waals surface area contributed by atoms with Crippen molar-refractivity contribution in [3.8, 4) is 11.8 Å². The van der Waals surface area contributed by atoms with Crippen LogP contribution in [0.3, 0.4) is 0 Å². The van der Waals surface area contributed by atoms with Gasteiger partial charge in [-0.2, -0.15) is 0 Å². The van der Waals surface area contributed by atoms with E-state index in [4.69, 9.17) is 9.84 Å². The SMILES string of the molecule is O=C(NC1CCOC1)c1ccc(C#CCCO)cn1. The molecular weight excluding hydrogens is 244 g/mol. The van der Waals surface area contributed by atoms with Crippen molar-refractivity contribution in [1.82, 2.24) is 10.3 Å². The molecular formula is C14H16N2O3. The Kier molecular flexibility index (Phi) is 4.90. The minimum atomic E-state index is -0.189. The van der Waals surface area contributed by atoms with Gasteiger partial charge in [-0.1, -0.05) is 11.8 Å². The number of hydrogen-bond donors (Lipinski definition) is 2. The summed E-state index contributed by atoms with van der Waals surface area (Å²) >= 11 is 0. The minimum Gasteiger partial charge on any atom is -0.395 e. The van der Waals surface area contributed by atoms with Crippen molar-refractivity contribution in [3.63, 3.8) is 0 Å². The number of carbonyl (C=O) groups is 1. The normalized spacial score (nSPS) is 17.6. The molecule has 1 saturated heterocycles. The van der Waals surface area contributed by atoms with Crippen LogP contribution in [-0.2, 0) is 4.74 Å². The maximum absolute atomic E-state index is 11.9. The molecule has 0 aromatic carbocycles. The summed E-state index contributed by atoms with van der Waals surface area (Å²) in [5, 5.41) is 11.5. The Morgan fingerprint density at radius 1 is 1.58 bits per heavy atom. The molecule has 1 aromatic rings. The lowest BCUT2D eigenvalue weighted by atomic mass is 10.2. The molecule has 1 atom stereocenters. The first kappa shape index (κ1) is 13.5. The Labute approximate surface area is 112 Å². The van der Waals surface area contributed by atoms with Gasteiger partial charge in [0.25, 0.3) is 5.91 Å². The molecule has 2 N–H and O–H groups in total. The lowest BCUT2D eigenvalue weighted by Gasteiger charge is -2.09. The van der Waals surface area contributed by atoms with Gasteiger partial charge >= 0.3 is 0 Å². The number of pyridine rings is 1. The molecule has 2 heterocycles. The first-order valence-corrected chi connectivity index (χ1v) is 6.24. The smallest absolute Gasteiger partial charge is 0.270 e. The van der Waals surface area contributed by atoms with E-state index >= 15 is 0 Å². The first-order chi connectivity index (χ1) is 9.29. The first-order valence-electron chi connectivity index (χ1n) is 6.24. The molecule has 0 aliphatic carbocycles. The molecule has 100 valence electrons. The van der Waals surface area contributed by atoms with Crippen molar-refractivity contribution in [2.75, 3.05) is 19.8 Å². The van der Waals surface area contributed by atoms with Gasteiger partial charge in [0.2, 0.25) is 0 Å². The van der Waals surface area contributed by atoms with Crippen LogP contribution in [0.4, 0.5) is 0 Å². The van der Waals surface area contributed by atoms with Crippen molar-refractivity contribution >= 4 is 5.91 Å². The molecule has 5 nitrogen and oxygen atoms in total. The van der Waals surface area contributed by atoms with Crippen LogP contribution < -0.4 is 5.32 Å². The third kappa shape index (κ3) is 4.05. The van der Waals surface area contributed by atoms with E-state index in [0.717, 1.165) is 12.0 Å². The van der Waals surface area contributed by atoms with E-state index in [-0.39, 0.29) is 18.6 Å². The lowest BCUT2D eigenvalue weighted by Crippen LogP contribution is -2.35. The molecule has 1 aromatic heterocycles. The number of nitrogens with zero attached hydrogens (tertiary/aromatic N) is 1. The highest BCUT2D eigenvalue weighted by Crippen LogP contribution is 2.05. The summed E-state index contributed by atoms with van der Waals surface area (Å²) in [4.78, 5) is 16.0. The summed E-state index contributed by atoms with van der Waals surface area (Å²) in [7, 11) is 0. The topological polar surface area (TPSA) is 71.5 Å². The van der Waals surface area contributed by atoms with Gasteiger partial charge in [-0.05, 0) is 18.6 Å². The number of amides is 1. The largest absolute Gasteiger partial charge is 0.395 e. The zero-order chi connectivity index (χ0) is 13.5. The van der Waals surface area contributed by atoms with Crippen LogP contribution in [0.1, 0.15) is 28.9 Å². The quantitative estimate of drug-likeness (QED) is 0.769. The number of aromatic nitrogens is 1. The van der Waals surface area contributed by atoms with E-state index in [9.17, 15) is 4.79 Å². The van der Waals surface area contributed by atoms with E-state index in [1.165, 1.54) is 0 Å². The number of nitrogens with one attached hydrogen (secondary N) is 1. The molecule has 0 spiro atoms. The van der Waals surface area contributed by atoms with Crippen LogP contribution in [0, 0.1) is 11.8 Å². The lowest BCUT2D eigenvalue weighted by molar-refractivity contribution is 0.0925. The number of hydrogen-bond acceptors (Lipinski definition) is 4. The fraction of sp³-hybridized carbons (Fsp3) is 0.429. The number of aliphatic hydroxyl groups is 1. The zero-order valence-corrected chi connectivity index (χ0v) is 10.6. The fourth-order valence-electron chi connectivity index (χ4n) is 1.73. The van der Waals surface area contributed by atoms with E-state index in [0.29, 0.717) is 25.3 Å². The molecule has 0 saturated carbocycles. The summed E-state index contributed by atoms with van der Waals surface area (Å²) in [6, 6.07) is 3.48. The van der Waals surface area contributed by atoms with Crippen molar-refractivity contribution in [2.45, 2.75) is 18.9 Å². The highest BCUT2D eigenvalue weighted by molar-refractivity contribution is 5.92. The average Bonchev–Trinajstić information content (AvgIpc) is 2.93. The molecule has 1 unspecified atom stereocenters. The van der Waals surface area contributed by atoms with Crippen LogP contribution >= 0.6 is 0 Å². The van der Waals surface area contributed by atoms with Crippen molar-refractivity contribution in [3.05, 3.63) is 29.6 Å². The van der Waals surface area contributed by atoms with Gasteiger partial charge in [-0.3, -0.25) is 4.79 Å². The minimum absolute atomic E-state index is 0.0460. The summed E-state index contributed by atoms with van der Waals surface area (Å²) in [5.41, 5.74) is 1.11. The summed E-state index contributed by atoms with van der Waals surface area (Å²) in [6.07, 6.45) is 2.84. The number of aliphatic hydroxyl groups excluding tert-OH is 1. The molecule has 2 rings (SSSR count). The van der Waals surface area contributed by atoms with Gasteiger partial charge in [0, 0.05) is 24.8 Å². The molecule has 0 radical (unpaired) electrons. The number of ether oxygens (including phenoxy) is 1. The van der Waals surface area contributed by atoms with Crippen molar-refractivity contribution < 1.29 is 14.6 Å². The Morgan fingerprint density at radius 3 is 3.11 bits per heavy atom. The fourth-order valence-corrected chi connectivity index (χ4v) is 1.73. The molecule has 1 aliphatic heterocycles. The standard InChI is InChI=1S/C14H16N2O3/c17-7-2-1-3-11-4-5-13(15-9-11)14(18)16-12-6-8-19-10-12/h4-5,9,12,17H,2,6-8,10H2,(H,16,18). The Morgan fingerprint density at radius 2 is 2.47 bits per heavy atom. The van der Waals surface area contributed by atoms with Crippen molar-refractivity contribution in [1.29, 1.82) is 0 Å². The summed E-state index contributed by atoms with van der Waals surface area (Å²) in [6.45, 7) is 1.30. The molecule has 0 bridgehead atoms. The second-order valence-electron chi connectivity index (χ2n) is 4.24. The zero-order valence-electron chi connectivity index (χ0n) is 10.6. The van der Waals surface area contributed by atoms with E-state index < -0.39 is 0 Å². The molecule has 1 fully saturated rings. The van der Waals surface area contributed by atoms with E-state index in [2.05, 4.69) is 22.1 Å². The highest BCUT2D eigenvalue weighted by Gasteiger charge is 2.18. The second kappa shape index (κ2) is 6.88. The second-order valence-corrected chi connectivity index (χ2v) is 4.24. The Hall–Kier alpha value is -1.90. The van der Waals surface area contributed by atoms with Crippen LogP contribution in [0.2, 0.25) is 0 Å². The summed E-state index contributed by atoms with van der Waals surface area (Å²) in [5.74, 6) is 5.47. The Bertz CT molecular complexity index is 482. The molecule has 1 amide bonds. The number of rotatable bonds is 3. The van der Waals surface area contributed by atoms with Crippen LogP contribution in [0.15, 0.2) is 18.3 Å². The van der Waals surface area contributed by atoms with E-state index in [1.54, 1.807) is 18.3 Å². The highest BCUT2D eigenvalue weighted by atomic mass is 16.5. The van der Waals surface area contributed by atoms with Gasteiger partial charge in [0.1, 0.15) is 5.69 Å².